The van der Waals surface area contributed by atoms with Gasteiger partial charge in [0.25, 0.3) is 0 Å². The summed E-state index contributed by atoms with van der Waals surface area (Å²) < 4.78 is 81.2. The number of aliphatic hydroxyl groups excluding tert-OH is 9. The Morgan fingerprint density at radius 1 is 0.471 bits per heavy atom. The van der Waals surface area contributed by atoms with Crippen molar-refractivity contribution in [2.24, 2.45) is 5.92 Å². The van der Waals surface area contributed by atoms with Gasteiger partial charge in [-0.15, -0.1) is 0 Å². The van der Waals surface area contributed by atoms with E-state index in [0.29, 0.717) is 38.5 Å². The molecule has 0 bridgehead atoms. The van der Waals surface area contributed by atoms with Crippen LogP contribution < -0.4 is 0 Å². The minimum Gasteiger partial charge on any atom is -0.454 e. The summed E-state index contributed by atoms with van der Waals surface area (Å²) in [6.07, 6.45) is -22.2. The number of hydrogen-bond acceptors (Lipinski definition) is 25. The summed E-state index contributed by atoms with van der Waals surface area (Å²) in [6, 6.07) is 0. The molecular formula is C62H108O25. The van der Waals surface area contributed by atoms with Crippen LogP contribution in [0.4, 0.5) is 0 Å². The van der Waals surface area contributed by atoms with E-state index in [0.717, 1.165) is 103 Å². The van der Waals surface area contributed by atoms with Crippen LogP contribution >= 0.6 is 0 Å². The molecule has 0 radical (unpaired) electrons. The third-order valence-electron chi connectivity index (χ3n) is 17.9. The number of carbonyl (C=O) groups is 3. The zero-order valence-electron chi connectivity index (χ0n) is 52.6. The molecule has 27 atom stereocenters. The molecule has 0 aliphatic carbocycles. The van der Waals surface area contributed by atoms with E-state index in [2.05, 4.69) is 13.8 Å². The van der Waals surface area contributed by atoms with Crippen LogP contribution in [0, 0.1) is 5.92 Å². The number of rotatable bonds is 24. The zero-order chi connectivity index (χ0) is 63.5. The van der Waals surface area contributed by atoms with Gasteiger partial charge in [-0.25, -0.2) is 0 Å². The second-order valence-electron chi connectivity index (χ2n) is 25.0. The maximum atomic E-state index is 14.3. The molecule has 6 aliphatic heterocycles. The third-order valence-corrected chi connectivity index (χ3v) is 17.9. The van der Waals surface area contributed by atoms with Crippen LogP contribution in [0.25, 0.3) is 0 Å². The lowest BCUT2D eigenvalue weighted by atomic mass is 9.95. The van der Waals surface area contributed by atoms with Crippen molar-refractivity contribution in [1.82, 2.24) is 0 Å². The fourth-order valence-corrected chi connectivity index (χ4v) is 12.1. The molecule has 9 N–H and O–H groups in total. The molecule has 0 saturated carbocycles. The first-order valence-electron chi connectivity index (χ1n) is 32.9. The van der Waals surface area contributed by atoms with Crippen LogP contribution in [0.3, 0.4) is 0 Å². The number of aliphatic hydroxyl groups is 9. The van der Waals surface area contributed by atoms with Crippen molar-refractivity contribution in [1.29, 1.82) is 0 Å². The van der Waals surface area contributed by atoms with Crippen molar-refractivity contribution < 1.29 is 122 Å². The third kappa shape index (κ3) is 20.8. The number of unbranched alkanes of at least 4 members (excludes halogenated alkanes) is 10. The van der Waals surface area contributed by atoms with Gasteiger partial charge in [0.05, 0.1) is 36.4 Å². The molecule has 6 fully saturated rings. The van der Waals surface area contributed by atoms with E-state index < -0.39 is 178 Å². The Kier molecular flexibility index (Phi) is 31.2. The number of carbonyl (C=O) groups excluding carboxylic acids is 3. The molecule has 87 heavy (non-hydrogen) atoms. The Morgan fingerprint density at radius 2 is 1.00 bits per heavy atom. The predicted molar refractivity (Wildman–Crippen MR) is 307 cm³/mol. The monoisotopic (exact) mass is 1250 g/mol. The number of esters is 3. The summed E-state index contributed by atoms with van der Waals surface area (Å²) in [5, 5.41) is 103. The van der Waals surface area contributed by atoms with Crippen molar-refractivity contribution >= 4 is 17.9 Å². The molecule has 6 heterocycles. The van der Waals surface area contributed by atoms with Crippen molar-refractivity contribution in [2.75, 3.05) is 0 Å². The normalized spacial score (nSPS) is 41.6. The average Bonchev–Trinajstić information content (AvgIpc) is 0.898. The van der Waals surface area contributed by atoms with E-state index in [4.69, 9.17) is 61.6 Å². The molecule has 6 rings (SSSR count). The molecule has 506 valence electrons. The first-order valence-corrected chi connectivity index (χ1v) is 32.9. The summed E-state index contributed by atoms with van der Waals surface area (Å²) in [6.45, 7) is 13.6. The van der Waals surface area contributed by atoms with Gasteiger partial charge in [-0.05, 0) is 59.8 Å². The highest BCUT2D eigenvalue weighted by Crippen LogP contribution is 2.39. The van der Waals surface area contributed by atoms with Gasteiger partial charge in [-0.1, -0.05) is 137 Å². The second-order valence-corrected chi connectivity index (χ2v) is 25.0. The minimum absolute atomic E-state index is 0.0367. The molecule has 0 spiro atoms. The van der Waals surface area contributed by atoms with Crippen molar-refractivity contribution in [3.63, 3.8) is 0 Å². The maximum Gasteiger partial charge on any atom is 0.309 e. The van der Waals surface area contributed by atoms with Gasteiger partial charge < -0.3 is 108 Å². The highest BCUT2D eigenvalue weighted by molar-refractivity contribution is 5.72. The molecule has 0 amide bonds. The number of fused-ring (bicyclic) bond motifs is 2. The van der Waals surface area contributed by atoms with Gasteiger partial charge in [-0.3, -0.25) is 14.4 Å². The summed E-state index contributed by atoms with van der Waals surface area (Å²) in [7, 11) is 0. The van der Waals surface area contributed by atoms with E-state index in [1.165, 1.54) is 20.8 Å². The molecule has 27 unspecified atom stereocenters. The predicted octanol–water partition coefficient (Wildman–Crippen LogP) is 4.26. The Labute approximate surface area is 513 Å². The molecule has 6 saturated heterocycles. The summed E-state index contributed by atoms with van der Waals surface area (Å²) in [5.74, 6) is -2.90. The average molecular weight is 1250 g/mol. The van der Waals surface area contributed by atoms with Gasteiger partial charge in [0.15, 0.2) is 56.1 Å². The molecule has 0 aromatic rings. The lowest BCUT2D eigenvalue weighted by molar-refractivity contribution is -0.405. The van der Waals surface area contributed by atoms with Gasteiger partial charge in [0.2, 0.25) is 0 Å². The Bertz CT molecular complexity index is 1990. The number of ether oxygens (including phenoxy) is 13. The Hall–Kier alpha value is -2.35. The summed E-state index contributed by atoms with van der Waals surface area (Å²) >= 11 is 0. The first kappa shape index (κ1) is 73.7. The molecular weight excluding hydrogens is 1140 g/mol. The maximum absolute atomic E-state index is 14.3. The largest absolute Gasteiger partial charge is 0.454 e. The van der Waals surface area contributed by atoms with Crippen LogP contribution in [-0.2, 0) is 76.0 Å². The standard InChI is InChI=1S/C62H108O25/c1-9-12-14-15-16-17-20-23-28-32-40(64)81-55-54(86-58-46(70)43(67)41(65)34(5)75-58)50(84-59-47(71)45(69)51(57(74)87-59)82-56(73)33(4)11-3)37(8)78-62(55)83-49-36(7)77-61-53(48(49)72)80-39(63)31-27-24-21-18-19-22-26-30-38(29-25-13-10-2)79-60-52(85-61)44(68)42(66)35(6)76-60/h33-38,41-55,57-62,65-72,74H,9-32H2,1-8H3. The highest BCUT2D eigenvalue weighted by Gasteiger charge is 2.59. The van der Waals surface area contributed by atoms with E-state index in [1.807, 2.05) is 0 Å². The van der Waals surface area contributed by atoms with Gasteiger partial charge in [0.1, 0.15) is 73.2 Å². The molecule has 25 heteroatoms. The van der Waals surface area contributed by atoms with Crippen molar-refractivity contribution in [3.05, 3.63) is 0 Å². The van der Waals surface area contributed by atoms with Crippen molar-refractivity contribution in [2.45, 2.75) is 369 Å². The fraction of sp³-hybridized carbons (Fsp3) is 0.952. The van der Waals surface area contributed by atoms with Crippen LogP contribution in [0.1, 0.15) is 209 Å². The van der Waals surface area contributed by atoms with Gasteiger partial charge >= 0.3 is 17.9 Å². The van der Waals surface area contributed by atoms with E-state index in [9.17, 15) is 60.3 Å². The fourth-order valence-electron chi connectivity index (χ4n) is 12.1. The van der Waals surface area contributed by atoms with Crippen LogP contribution in [0.15, 0.2) is 0 Å². The quantitative estimate of drug-likeness (QED) is 0.0370. The summed E-state index contributed by atoms with van der Waals surface area (Å²) in [5.41, 5.74) is 0. The topological polar surface area (TPSA) is 353 Å². The molecule has 6 aliphatic rings. The van der Waals surface area contributed by atoms with E-state index in [1.54, 1.807) is 20.8 Å². The summed E-state index contributed by atoms with van der Waals surface area (Å²) in [4.78, 5) is 41.0. The lowest BCUT2D eigenvalue weighted by Gasteiger charge is -2.51. The van der Waals surface area contributed by atoms with Crippen LogP contribution in [0.2, 0.25) is 0 Å². The smallest absolute Gasteiger partial charge is 0.309 e. The Morgan fingerprint density at radius 3 is 1.68 bits per heavy atom. The SMILES string of the molecule is CCCCCCCCCCCC(=O)OC1C(OC2C(C)OC3OC4C(OC(CCCCC)CCCCCCCCCC(=O)OC3C2O)OC(C)C(O)C4O)OC(C)C(OC2OC(O)C(OC(=O)C(C)CC)C(O)C2O)C1OC1OC(C)C(O)C(O)C1O. The Balaban J connectivity index is 1.34. The molecule has 0 aromatic heterocycles. The van der Waals surface area contributed by atoms with Crippen LogP contribution in [0.5, 0.6) is 0 Å². The second kappa shape index (κ2) is 36.8. The zero-order valence-corrected chi connectivity index (χ0v) is 52.6. The molecule has 0 aromatic carbocycles. The van der Waals surface area contributed by atoms with Gasteiger partial charge in [-0.2, -0.15) is 0 Å². The van der Waals surface area contributed by atoms with Crippen molar-refractivity contribution in [3.8, 4) is 0 Å². The van der Waals surface area contributed by atoms with Crippen LogP contribution in [-0.4, -0.2) is 224 Å². The van der Waals surface area contributed by atoms with E-state index in [-0.39, 0.29) is 18.9 Å². The van der Waals surface area contributed by atoms with Gasteiger partial charge in [0, 0.05) is 12.8 Å². The van der Waals surface area contributed by atoms with E-state index >= 15 is 0 Å². The number of hydrogen-bond donors (Lipinski definition) is 9. The first-order chi connectivity index (χ1) is 41.6. The highest BCUT2D eigenvalue weighted by atomic mass is 16.8. The lowest BCUT2D eigenvalue weighted by Crippen LogP contribution is -2.68. The molecule has 25 nitrogen and oxygen atoms in total. The minimum atomic E-state index is -2.06.